The summed E-state index contributed by atoms with van der Waals surface area (Å²) in [6.07, 6.45) is -1.55. The van der Waals surface area contributed by atoms with Crippen molar-refractivity contribution in [2.24, 2.45) is 0 Å². The summed E-state index contributed by atoms with van der Waals surface area (Å²) in [6, 6.07) is 6.19. The van der Waals surface area contributed by atoms with Crippen molar-refractivity contribution in [3.63, 3.8) is 0 Å². The molecule has 0 amide bonds. The highest BCUT2D eigenvalue weighted by Crippen LogP contribution is 2.19. The molecule has 0 fully saturated rings. The number of rotatable bonds is 5. The Hall–Kier alpha value is -2.08. The number of likely N-dealkylation sites (N-methyl/N-ethyl adjacent to an activating group) is 1. The highest BCUT2D eigenvalue weighted by Gasteiger charge is 2.19. The Kier molecular flexibility index (Phi) is 4.06. The maximum Gasteiger partial charge on any atom is 0.337 e. The van der Waals surface area contributed by atoms with E-state index >= 15 is 0 Å². The van der Waals surface area contributed by atoms with E-state index in [9.17, 15) is 14.7 Å². The van der Waals surface area contributed by atoms with Crippen LogP contribution in [-0.4, -0.2) is 47.0 Å². The van der Waals surface area contributed by atoms with E-state index in [1.807, 2.05) is 0 Å². The molecule has 6 heteroatoms. The summed E-state index contributed by atoms with van der Waals surface area (Å²) in [6.45, 7) is -0.181. The molecular formula is C11H13NO5. The van der Waals surface area contributed by atoms with Gasteiger partial charge in [0.2, 0.25) is 0 Å². The highest BCUT2D eigenvalue weighted by molar-refractivity contribution is 5.94. The maximum atomic E-state index is 10.9. The van der Waals surface area contributed by atoms with E-state index in [4.69, 9.17) is 10.2 Å². The van der Waals surface area contributed by atoms with Gasteiger partial charge in [-0.25, -0.2) is 9.59 Å². The summed E-state index contributed by atoms with van der Waals surface area (Å²) in [5.41, 5.74) is 0.424. The molecule has 0 aliphatic heterocycles. The fourth-order valence-corrected chi connectivity index (χ4v) is 1.42. The Balaban J connectivity index is 2.92. The number of anilines is 1. The van der Waals surface area contributed by atoms with Crippen molar-refractivity contribution in [3.8, 4) is 0 Å². The summed E-state index contributed by atoms with van der Waals surface area (Å²) >= 11 is 0. The molecule has 0 radical (unpaired) electrons. The zero-order valence-electron chi connectivity index (χ0n) is 9.20. The summed E-state index contributed by atoms with van der Waals surface area (Å²) < 4.78 is 0. The Morgan fingerprint density at radius 1 is 1.29 bits per heavy atom. The van der Waals surface area contributed by atoms with Gasteiger partial charge in [0.1, 0.15) is 0 Å². The molecular weight excluding hydrogens is 226 g/mol. The monoisotopic (exact) mass is 239 g/mol. The fraction of sp³-hybridized carbons (Fsp3) is 0.273. The van der Waals surface area contributed by atoms with Gasteiger partial charge < -0.3 is 20.2 Å². The summed E-state index contributed by atoms with van der Waals surface area (Å²) in [5, 5.41) is 26.7. The molecule has 1 aromatic rings. The van der Waals surface area contributed by atoms with Gasteiger partial charge in [0.15, 0.2) is 6.10 Å². The third kappa shape index (κ3) is 3.18. The van der Waals surface area contributed by atoms with E-state index in [0.717, 1.165) is 0 Å². The maximum absolute atomic E-state index is 10.9. The lowest BCUT2D eigenvalue weighted by Gasteiger charge is -2.22. The second-order valence-corrected chi connectivity index (χ2v) is 3.56. The van der Waals surface area contributed by atoms with Crippen molar-refractivity contribution in [1.82, 2.24) is 0 Å². The Morgan fingerprint density at radius 3 is 2.41 bits per heavy atom. The molecule has 0 aromatic heterocycles. The molecule has 1 aromatic carbocycles. The van der Waals surface area contributed by atoms with Gasteiger partial charge >= 0.3 is 11.9 Å². The van der Waals surface area contributed by atoms with Crippen LogP contribution < -0.4 is 4.90 Å². The average Bonchev–Trinajstić information content (AvgIpc) is 2.28. The minimum atomic E-state index is -1.55. The Morgan fingerprint density at radius 2 is 1.88 bits per heavy atom. The van der Waals surface area contributed by atoms with Crippen molar-refractivity contribution < 1.29 is 24.9 Å². The van der Waals surface area contributed by atoms with Gasteiger partial charge in [-0.1, -0.05) is 12.1 Å². The molecule has 1 rings (SSSR count). The summed E-state index contributed by atoms with van der Waals surface area (Å²) in [5.74, 6) is -2.44. The van der Waals surface area contributed by atoms with E-state index in [-0.39, 0.29) is 12.1 Å². The van der Waals surface area contributed by atoms with Crippen LogP contribution in [0.25, 0.3) is 0 Å². The molecule has 6 nitrogen and oxygen atoms in total. The number of aliphatic hydroxyl groups excluding tert-OH is 1. The Labute approximate surface area is 97.7 Å². The lowest BCUT2D eigenvalue weighted by Crippen LogP contribution is -2.35. The predicted molar refractivity (Wildman–Crippen MR) is 60.3 cm³/mol. The number of aliphatic hydroxyl groups is 1. The van der Waals surface area contributed by atoms with Crippen LogP contribution in [-0.2, 0) is 4.79 Å². The van der Waals surface area contributed by atoms with Gasteiger partial charge in [-0.05, 0) is 12.1 Å². The first-order chi connectivity index (χ1) is 7.93. The number of carbonyl (C=O) groups is 2. The molecule has 0 spiro atoms. The van der Waals surface area contributed by atoms with E-state index in [1.165, 1.54) is 18.0 Å². The number of hydrogen-bond acceptors (Lipinski definition) is 4. The number of hydrogen-bond donors (Lipinski definition) is 3. The number of carboxylic acid groups (broad SMARTS) is 2. The molecule has 17 heavy (non-hydrogen) atoms. The van der Waals surface area contributed by atoms with Gasteiger partial charge in [0, 0.05) is 7.05 Å². The van der Waals surface area contributed by atoms with Gasteiger partial charge in [-0.2, -0.15) is 0 Å². The highest BCUT2D eigenvalue weighted by atomic mass is 16.4. The minimum Gasteiger partial charge on any atom is -0.479 e. The van der Waals surface area contributed by atoms with Gasteiger partial charge in [0.25, 0.3) is 0 Å². The molecule has 1 atom stereocenters. The topological polar surface area (TPSA) is 98.1 Å². The van der Waals surface area contributed by atoms with Crippen molar-refractivity contribution >= 4 is 17.6 Å². The van der Waals surface area contributed by atoms with Gasteiger partial charge in [0.05, 0.1) is 17.8 Å². The van der Waals surface area contributed by atoms with Crippen molar-refractivity contribution in [1.29, 1.82) is 0 Å². The van der Waals surface area contributed by atoms with Crippen LogP contribution in [0.2, 0.25) is 0 Å². The molecule has 1 unspecified atom stereocenters. The van der Waals surface area contributed by atoms with E-state index in [2.05, 4.69) is 0 Å². The smallest absolute Gasteiger partial charge is 0.337 e. The molecule has 3 N–H and O–H groups in total. The zero-order chi connectivity index (χ0) is 13.0. The van der Waals surface area contributed by atoms with Crippen LogP contribution in [0.1, 0.15) is 10.4 Å². The number of carboxylic acids is 2. The second-order valence-electron chi connectivity index (χ2n) is 3.56. The summed E-state index contributed by atoms with van der Waals surface area (Å²) in [4.78, 5) is 22.8. The van der Waals surface area contributed by atoms with E-state index < -0.39 is 18.0 Å². The van der Waals surface area contributed by atoms with Crippen molar-refractivity contribution in [3.05, 3.63) is 29.8 Å². The van der Waals surface area contributed by atoms with Crippen LogP contribution in [0.4, 0.5) is 5.69 Å². The number of para-hydroxylation sites is 1. The molecule has 0 saturated carbocycles. The van der Waals surface area contributed by atoms with Crippen LogP contribution >= 0.6 is 0 Å². The van der Waals surface area contributed by atoms with Crippen LogP contribution in [0.5, 0.6) is 0 Å². The van der Waals surface area contributed by atoms with Crippen molar-refractivity contribution in [2.75, 3.05) is 18.5 Å². The fourth-order valence-electron chi connectivity index (χ4n) is 1.42. The van der Waals surface area contributed by atoms with Gasteiger partial charge in [-0.15, -0.1) is 0 Å². The number of benzene rings is 1. The molecule has 0 saturated heterocycles. The van der Waals surface area contributed by atoms with Crippen LogP contribution in [0.3, 0.4) is 0 Å². The molecule has 0 heterocycles. The van der Waals surface area contributed by atoms with Crippen LogP contribution in [0, 0.1) is 0 Å². The Bertz CT molecular complexity index is 432. The number of aromatic carboxylic acids is 1. The molecule has 0 aliphatic carbocycles. The van der Waals surface area contributed by atoms with Gasteiger partial charge in [-0.3, -0.25) is 0 Å². The first kappa shape index (κ1) is 13.0. The lowest BCUT2D eigenvalue weighted by molar-refractivity contribution is -0.146. The second kappa shape index (κ2) is 5.31. The lowest BCUT2D eigenvalue weighted by atomic mass is 10.1. The number of nitrogens with zero attached hydrogens (tertiary/aromatic N) is 1. The molecule has 0 aliphatic rings. The molecule has 92 valence electrons. The quantitative estimate of drug-likeness (QED) is 0.682. The minimum absolute atomic E-state index is 0.0626. The van der Waals surface area contributed by atoms with Crippen LogP contribution in [0.15, 0.2) is 24.3 Å². The summed E-state index contributed by atoms with van der Waals surface area (Å²) in [7, 11) is 1.52. The third-order valence-electron chi connectivity index (χ3n) is 2.28. The average molecular weight is 239 g/mol. The van der Waals surface area contributed by atoms with E-state index in [0.29, 0.717) is 5.69 Å². The predicted octanol–water partition coefficient (Wildman–Crippen LogP) is 0.266. The van der Waals surface area contributed by atoms with E-state index in [1.54, 1.807) is 18.2 Å². The first-order valence-electron chi connectivity index (χ1n) is 4.87. The third-order valence-corrected chi connectivity index (χ3v) is 2.28. The zero-order valence-corrected chi connectivity index (χ0v) is 9.20. The number of aliphatic carboxylic acids is 1. The largest absolute Gasteiger partial charge is 0.479 e. The van der Waals surface area contributed by atoms with Crippen molar-refractivity contribution in [2.45, 2.75) is 6.10 Å². The first-order valence-corrected chi connectivity index (χ1v) is 4.87. The standard InChI is InChI=1S/C11H13NO5/c1-12(6-9(13)11(16)17)8-5-3-2-4-7(8)10(14)15/h2-5,9,13H,6H2,1H3,(H,14,15)(H,16,17). The molecule has 0 bridgehead atoms. The normalized spacial score (nSPS) is 11.9. The SMILES string of the molecule is CN(CC(O)C(=O)O)c1ccccc1C(=O)O.